The number of nitrogens with two attached hydrogens (primary N) is 1. The highest BCUT2D eigenvalue weighted by atomic mass is 17.0. The fourth-order valence-electron chi connectivity index (χ4n) is 1.39. The Morgan fingerprint density at radius 3 is 2.41 bits per heavy atom. The lowest BCUT2D eigenvalue weighted by molar-refractivity contribution is -0.789. The maximum atomic E-state index is 11.7. The van der Waals surface area contributed by atoms with E-state index in [9.17, 15) is 34.6 Å². The minimum Gasteiger partial charge on any atom is -0.480 e. The normalized spacial score (nSPS) is 13.0. The summed E-state index contributed by atoms with van der Waals surface area (Å²) in [6, 6.07) is -1.22. The lowest BCUT2D eigenvalue weighted by Crippen LogP contribution is -2.40. The SMILES string of the molecule is CC(=NNC(=O)CC[C@H](N)C(=O)O)C(=O)NC[C@@H](CO[N+](=O)[O-])O[N+](=O)[O-]. The first-order chi connectivity index (χ1) is 12.5. The Balaban J connectivity index is 4.45. The topological polar surface area (TPSA) is 239 Å². The monoisotopic (exact) mass is 394 g/mol. The molecule has 0 aromatic carbocycles. The molecule has 2 atom stereocenters. The number of aliphatic carboxylic acids is 1. The maximum Gasteiger partial charge on any atom is 0.320 e. The summed E-state index contributed by atoms with van der Waals surface area (Å²) in [5.41, 5.74) is 6.98. The number of amides is 2. The van der Waals surface area contributed by atoms with E-state index < -0.39 is 53.3 Å². The molecule has 0 unspecified atom stereocenters. The number of rotatable bonds is 13. The third-order valence-electron chi connectivity index (χ3n) is 2.77. The van der Waals surface area contributed by atoms with Crippen LogP contribution in [0.5, 0.6) is 0 Å². The molecule has 5 N–H and O–H groups in total. The second kappa shape index (κ2) is 11.9. The summed E-state index contributed by atoms with van der Waals surface area (Å²) in [5.74, 6) is -2.81. The van der Waals surface area contributed by atoms with Crippen molar-refractivity contribution in [1.29, 1.82) is 0 Å². The molecule has 0 aromatic rings. The summed E-state index contributed by atoms with van der Waals surface area (Å²) in [6.07, 6.45) is -1.84. The standard InChI is InChI=1S/C11H18N6O10/c1-6(14-15-9(18)3-2-8(12)11(20)21)10(19)13-4-7(27-17(24)25)5-26-16(22)23/h7-8H,2-5,12H2,1H3,(H,13,19)(H,15,18)(H,20,21)/t7-,8-/m0/s1. The summed E-state index contributed by atoms with van der Waals surface area (Å²) in [5, 5.41) is 32.2. The number of hydrogen-bond donors (Lipinski definition) is 4. The molecular formula is C11H18N6O10. The zero-order valence-electron chi connectivity index (χ0n) is 14.0. The van der Waals surface area contributed by atoms with E-state index in [0.29, 0.717) is 0 Å². The van der Waals surface area contributed by atoms with Crippen molar-refractivity contribution in [3.63, 3.8) is 0 Å². The number of hydrogen-bond acceptors (Lipinski definition) is 11. The van der Waals surface area contributed by atoms with Crippen LogP contribution in [-0.4, -0.2) is 64.1 Å². The largest absolute Gasteiger partial charge is 0.480 e. The van der Waals surface area contributed by atoms with Gasteiger partial charge in [0.1, 0.15) is 24.5 Å². The Morgan fingerprint density at radius 2 is 1.89 bits per heavy atom. The van der Waals surface area contributed by atoms with Crippen molar-refractivity contribution in [2.75, 3.05) is 13.2 Å². The quantitative estimate of drug-likeness (QED) is 0.145. The average molecular weight is 394 g/mol. The van der Waals surface area contributed by atoms with Gasteiger partial charge in [-0.05, 0) is 13.3 Å². The number of carbonyl (C=O) groups excluding carboxylic acids is 2. The van der Waals surface area contributed by atoms with E-state index in [4.69, 9.17) is 10.8 Å². The van der Waals surface area contributed by atoms with Gasteiger partial charge in [-0.25, -0.2) is 5.43 Å². The zero-order valence-corrected chi connectivity index (χ0v) is 14.0. The van der Waals surface area contributed by atoms with Crippen molar-refractivity contribution >= 4 is 23.5 Å². The Hall–Kier alpha value is -3.56. The number of carboxylic acid groups (broad SMARTS) is 1. The molecule has 0 aliphatic heterocycles. The van der Waals surface area contributed by atoms with Crippen molar-refractivity contribution in [2.24, 2.45) is 10.8 Å². The molecule has 0 heterocycles. The summed E-state index contributed by atoms with van der Waals surface area (Å²) in [6.45, 7) is -0.109. The van der Waals surface area contributed by atoms with Gasteiger partial charge in [0.05, 0.1) is 0 Å². The minimum atomic E-state index is -1.45. The van der Waals surface area contributed by atoms with E-state index in [-0.39, 0.29) is 18.6 Å². The van der Waals surface area contributed by atoms with Crippen LogP contribution in [0.1, 0.15) is 19.8 Å². The predicted molar refractivity (Wildman–Crippen MR) is 83.9 cm³/mol. The highest BCUT2D eigenvalue weighted by Crippen LogP contribution is 1.96. The van der Waals surface area contributed by atoms with E-state index in [1.807, 2.05) is 5.43 Å². The highest BCUT2D eigenvalue weighted by molar-refractivity contribution is 6.37. The molecule has 27 heavy (non-hydrogen) atoms. The van der Waals surface area contributed by atoms with Gasteiger partial charge in [0.2, 0.25) is 5.91 Å². The van der Waals surface area contributed by atoms with Gasteiger partial charge in [0.25, 0.3) is 16.1 Å². The molecule has 0 bridgehead atoms. The Kier molecular flexibility index (Phi) is 10.3. The third-order valence-corrected chi connectivity index (χ3v) is 2.77. The van der Waals surface area contributed by atoms with Crippen LogP contribution in [0.25, 0.3) is 0 Å². The molecule has 0 rings (SSSR count). The maximum absolute atomic E-state index is 11.7. The van der Waals surface area contributed by atoms with Gasteiger partial charge in [-0.15, -0.1) is 20.2 Å². The molecule has 152 valence electrons. The van der Waals surface area contributed by atoms with Crippen molar-refractivity contribution in [1.82, 2.24) is 10.7 Å². The molecule has 0 spiro atoms. The van der Waals surface area contributed by atoms with Crippen LogP contribution in [0.15, 0.2) is 5.10 Å². The van der Waals surface area contributed by atoms with Gasteiger partial charge in [-0.3, -0.25) is 14.4 Å². The van der Waals surface area contributed by atoms with Gasteiger partial charge in [-0.1, -0.05) is 0 Å². The van der Waals surface area contributed by atoms with Crippen LogP contribution in [0.3, 0.4) is 0 Å². The van der Waals surface area contributed by atoms with E-state index in [1.165, 1.54) is 6.92 Å². The van der Waals surface area contributed by atoms with Crippen molar-refractivity contribution in [3.05, 3.63) is 20.2 Å². The summed E-state index contributed by atoms with van der Waals surface area (Å²) < 4.78 is 0. The lowest BCUT2D eigenvalue weighted by atomic mass is 10.2. The number of nitrogens with zero attached hydrogens (tertiary/aromatic N) is 3. The van der Waals surface area contributed by atoms with E-state index in [0.717, 1.165) is 0 Å². The fourth-order valence-corrected chi connectivity index (χ4v) is 1.39. The van der Waals surface area contributed by atoms with Crippen LogP contribution in [0.4, 0.5) is 0 Å². The number of carboxylic acids is 1. The van der Waals surface area contributed by atoms with Crippen molar-refractivity contribution in [3.8, 4) is 0 Å². The molecule has 0 saturated carbocycles. The Morgan fingerprint density at radius 1 is 1.26 bits per heavy atom. The van der Waals surface area contributed by atoms with E-state index >= 15 is 0 Å². The van der Waals surface area contributed by atoms with Crippen LogP contribution < -0.4 is 16.5 Å². The Bertz CT molecular complexity index is 608. The second-order valence-corrected chi connectivity index (χ2v) is 4.90. The molecule has 16 heteroatoms. The van der Waals surface area contributed by atoms with Crippen LogP contribution in [0.2, 0.25) is 0 Å². The van der Waals surface area contributed by atoms with Crippen LogP contribution in [0, 0.1) is 20.2 Å². The molecule has 0 radical (unpaired) electrons. The third kappa shape index (κ3) is 11.6. The summed E-state index contributed by atoms with van der Waals surface area (Å²) in [7, 11) is 0. The molecule has 0 fully saturated rings. The average Bonchev–Trinajstić information content (AvgIpc) is 2.58. The van der Waals surface area contributed by atoms with Gasteiger partial charge in [0.15, 0.2) is 0 Å². The number of nitrogens with one attached hydrogen (secondary N) is 2. The smallest absolute Gasteiger partial charge is 0.320 e. The van der Waals surface area contributed by atoms with Gasteiger partial charge in [0, 0.05) is 13.0 Å². The predicted octanol–water partition coefficient (Wildman–Crippen LogP) is -2.43. The molecule has 0 aliphatic carbocycles. The molecule has 2 amide bonds. The molecular weight excluding hydrogens is 376 g/mol. The van der Waals surface area contributed by atoms with Crippen molar-refractivity contribution < 1.29 is 39.3 Å². The van der Waals surface area contributed by atoms with Gasteiger partial charge in [-0.2, -0.15) is 5.10 Å². The van der Waals surface area contributed by atoms with Crippen molar-refractivity contribution in [2.45, 2.75) is 31.9 Å². The molecule has 0 aromatic heterocycles. The highest BCUT2D eigenvalue weighted by Gasteiger charge is 2.18. The first-order valence-electron chi connectivity index (χ1n) is 7.21. The molecule has 0 aliphatic rings. The molecule has 0 saturated heterocycles. The summed E-state index contributed by atoms with van der Waals surface area (Å²) >= 11 is 0. The van der Waals surface area contributed by atoms with Gasteiger partial charge >= 0.3 is 5.97 Å². The van der Waals surface area contributed by atoms with Crippen LogP contribution >= 0.6 is 0 Å². The second-order valence-electron chi connectivity index (χ2n) is 4.90. The zero-order chi connectivity index (χ0) is 21.0. The summed E-state index contributed by atoms with van der Waals surface area (Å²) in [4.78, 5) is 62.1. The fraction of sp³-hybridized carbons (Fsp3) is 0.636. The Labute approximate surface area is 150 Å². The molecule has 16 nitrogen and oxygen atoms in total. The lowest BCUT2D eigenvalue weighted by Gasteiger charge is -2.14. The first kappa shape index (κ1) is 23.4. The van der Waals surface area contributed by atoms with E-state index in [1.54, 1.807) is 0 Å². The first-order valence-corrected chi connectivity index (χ1v) is 7.21. The van der Waals surface area contributed by atoms with Gasteiger partial charge < -0.3 is 25.8 Å². The minimum absolute atomic E-state index is 0.141. The van der Waals surface area contributed by atoms with Crippen LogP contribution in [-0.2, 0) is 24.1 Å². The van der Waals surface area contributed by atoms with E-state index in [2.05, 4.69) is 20.1 Å². The number of carbonyl (C=O) groups is 3. The number of hydrazone groups is 1.